The van der Waals surface area contributed by atoms with E-state index in [1.54, 1.807) is 6.07 Å². The van der Waals surface area contributed by atoms with Crippen LogP contribution < -0.4 is 5.32 Å². The Morgan fingerprint density at radius 1 is 1.24 bits per heavy atom. The standard InChI is InChI=1S/C17H24FN3/c1-6-19-12(4)15-8-7-14(18)9-16(15)17-10-21(11(2)3)20-13(17)5/h7-12,19H,6H2,1-5H3. The first kappa shape index (κ1) is 15.7. The minimum absolute atomic E-state index is 0.174. The fourth-order valence-electron chi connectivity index (χ4n) is 2.57. The Balaban J connectivity index is 2.54. The molecule has 0 aliphatic heterocycles. The summed E-state index contributed by atoms with van der Waals surface area (Å²) in [4.78, 5) is 0. The maximum atomic E-state index is 13.7. The third-order valence-corrected chi connectivity index (χ3v) is 3.73. The maximum Gasteiger partial charge on any atom is 0.123 e. The molecule has 1 heterocycles. The highest BCUT2D eigenvalue weighted by Crippen LogP contribution is 2.31. The fraction of sp³-hybridized carbons (Fsp3) is 0.471. The predicted molar refractivity (Wildman–Crippen MR) is 84.8 cm³/mol. The summed E-state index contributed by atoms with van der Waals surface area (Å²) in [5.41, 5.74) is 3.96. The van der Waals surface area contributed by atoms with Crippen LogP contribution in [0.2, 0.25) is 0 Å². The summed E-state index contributed by atoms with van der Waals surface area (Å²) in [5.74, 6) is -0.214. The summed E-state index contributed by atoms with van der Waals surface area (Å²) in [6.45, 7) is 11.2. The second kappa shape index (κ2) is 6.39. The number of rotatable bonds is 5. The van der Waals surface area contributed by atoms with Crippen LogP contribution in [0.5, 0.6) is 0 Å². The third kappa shape index (κ3) is 3.32. The van der Waals surface area contributed by atoms with Crippen LogP contribution in [-0.4, -0.2) is 16.3 Å². The van der Waals surface area contributed by atoms with Gasteiger partial charge in [0.05, 0.1) is 5.69 Å². The van der Waals surface area contributed by atoms with Crippen molar-refractivity contribution >= 4 is 0 Å². The van der Waals surface area contributed by atoms with Gasteiger partial charge >= 0.3 is 0 Å². The van der Waals surface area contributed by atoms with Crippen molar-refractivity contribution < 1.29 is 4.39 Å². The van der Waals surface area contributed by atoms with Crippen LogP contribution in [0.1, 0.15) is 51.0 Å². The molecule has 0 amide bonds. The second-order valence-corrected chi connectivity index (χ2v) is 5.71. The van der Waals surface area contributed by atoms with Crippen LogP contribution in [0.15, 0.2) is 24.4 Å². The van der Waals surface area contributed by atoms with Crippen molar-refractivity contribution in [1.29, 1.82) is 0 Å². The molecule has 2 aromatic rings. The van der Waals surface area contributed by atoms with E-state index in [0.29, 0.717) is 6.04 Å². The minimum Gasteiger partial charge on any atom is -0.310 e. The zero-order valence-electron chi connectivity index (χ0n) is 13.4. The average Bonchev–Trinajstić information content (AvgIpc) is 2.81. The van der Waals surface area contributed by atoms with Gasteiger partial charge < -0.3 is 5.32 Å². The Morgan fingerprint density at radius 3 is 2.52 bits per heavy atom. The molecule has 3 nitrogen and oxygen atoms in total. The molecule has 1 aromatic carbocycles. The summed E-state index contributed by atoms with van der Waals surface area (Å²) in [6, 6.07) is 5.46. The molecule has 1 aromatic heterocycles. The average molecular weight is 289 g/mol. The molecule has 0 spiro atoms. The SMILES string of the molecule is CCNC(C)c1ccc(F)cc1-c1cn(C(C)C)nc1C. The van der Waals surface area contributed by atoms with E-state index in [4.69, 9.17) is 0 Å². The quantitative estimate of drug-likeness (QED) is 0.891. The number of aryl methyl sites for hydroxylation is 1. The number of nitrogens with one attached hydrogen (secondary N) is 1. The van der Waals surface area contributed by atoms with Crippen molar-refractivity contribution in [2.24, 2.45) is 0 Å². The van der Waals surface area contributed by atoms with Gasteiger partial charge in [0.2, 0.25) is 0 Å². The van der Waals surface area contributed by atoms with Gasteiger partial charge in [-0.05, 0) is 57.5 Å². The summed E-state index contributed by atoms with van der Waals surface area (Å²) < 4.78 is 15.7. The van der Waals surface area contributed by atoms with E-state index in [0.717, 1.165) is 28.9 Å². The van der Waals surface area contributed by atoms with Crippen LogP contribution in [-0.2, 0) is 0 Å². The monoisotopic (exact) mass is 289 g/mol. The van der Waals surface area contributed by atoms with Crippen LogP contribution in [0, 0.1) is 12.7 Å². The number of nitrogens with zero attached hydrogens (tertiary/aromatic N) is 2. The molecule has 1 unspecified atom stereocenters. The molecule has 0 saturated heterocycles. The lowest BCUT2D eigenvalue weighted by molar-refractivity contribution is 0.529. The van der Waals surface area contributed by atoms with Crippen molar-refractivity contribution in [3.63, 3.8) is 0 Å². The summed E-state index contributed by atoms with van der Waals surface area (Å²) in [7, 11) is 0. The van der Waals surface area contributed by atoms with Gasteiger partial charge in [0, 0.05) is 23.8 Å². The van der Waals surface area contributed by atoms with Gasteiger partial charge in [0.1, 0.15) is 5.82 Å². The summed E-state index contributed by atoms with van der Waals surface area (Å²) in [5, 5.41) is 7.93. The zero-order valence-corrected chi connectivity index (χ0v) is 13.4. The van der Waals surface area contributed by atoms with Crippen molar-refractivity contribution in [1.82, 2.24) is 15.1 Å². The van der Waals surface area contributed by atoms with Gasteiger partial charge in [-0.25, -0.2) is 4.39 Å². The smallest absolute Gasteiger partial charge is 0.123 e. The first-order valence-corrected chi connectivity index (χ1v) is 7.53. The highest BCUT2D eigenvalue weighted by atomic mass is 19.1. The highest BCUT2D eigenvalue weighted by Gasteiger charge is 2.16. The number of hydrogen-bond donors (Lipinski definition) is 1. The largest absolute Gasteiger partial charge is 0.310 e. The van der Waals surface area contributed by atoms with E-state index < -0.39 is 0 Å². The normalized spacial score (nSPS) is 12.9. The first-order chi connectivity index (χ1) is 9.93. The molecule has 4 heteroatoms. The van der Waals surface area contributed by atoms with Gasteiger partial charge in [-0.1, -0.05) is 13.0 Å². The van der Waals surface area contributed by atoms with Crippen molar-refractivity contribution in [2.75, 3.05) is 6.54 Å². The van der Waals surface area contributed by atoms with Crippen molar-refractivity contribution in [3.05, 3.63) is 41.5 Å². The number of aromatic nitrogens is 2. The molecular weight excluding hydrogens is 265 g/mol. The molecule has 1 atom stereocenters. The lowest BCUT2D eigenvalue weighted by Crippen LogP contribution is -2.18. The first-order valence-electron chi connectivity index (χ1n) is 7.53. The molecule has 21 heavy (non-hydrogen) atoms. The van der Waals surface area contributed by atoms with Crippen LogP contribution in [0.3, 0.4) is 0 Å². The molecule has 1 N–H and O–H groups in total. The lowest BCUT2D eigenvalue weighted by atomic mass is 9.96. The van der Waals surface area contributed by atoms with E-state index in [1.807, 2.05) is 23.9 Å². The molecule has 0 bridgehead atoms. The Bertz CT molecular complexity index is 616. The fourth-order valence-corrected chi connectivity index (χ4v) is 2.57. The summed E-state index contributed by atoms with van der Waals surface area (Å²) >= 11 is 0. The molecule has 0 saturated carbocycles. The van der Waals surface area contributed by atoms with Crippen LogP contribution in [0.4, 0.5) is 4.39 Å². The van der Waals surface area contributed by atoms with Gasteiger partial charge in [-0.15, -0.1) is 0 Å². The molecule has 0 radical (unpaired) electrons. The Labute approximate surface area is 126 Å². The second-order valence-electron chi connectivity index (χ2n) is 5.71. The number of halogens is 1. The van der Waals surface area contributed by atoms with Crippen molar-refractivity contribution in [2.45, 2.75) is 46.7 Å². The van der Waals surface area contributed by atoms with E-state index in [-0.39, 0.29) is 11.9 Å². The lowest BCUT2D eigenvalue weighted by Gasteiger charge is -2.17. The summed E-state index contributed by atoms with van der Waals surface area (Å²) in [6.07, 6.45) is 2.01. The highest BCUT2D eigenvalue weighted by molar-refractivity contribution is 5.69. The minimum atomic E-state index is -0.214. The molecule has 114 valence electrons. The Kier molecular flexibility index (Phi) is 4.78. The molecule has 2 rings (SSSR count). The van der Waals surface area contributed by atoms with Gasteiger partial charge in [0.25, 0.3) is 0 Å². The predicted octanol–water partition coefficient (Wildman–Crippen LogP) is 4.25. The molecule has 0 aliphatic rings. The van der Waals surface area contributed by atoms with Gasteiger partial charge in [0.15, 0.2) is 0 Å². The van der Waals surface area contributed by atoms with Crippen LogP contribution >= 0.6 is 0 Å². The number of hydrogen-bond acceptors (Lipinski definition) is 2. The number of benzene rings is 1. The Morgan fingerprint density at radius 2 is 1.95 bits per heavy atom. The van der Waals surface area contributed by atoms with E-state index in [9.17, 15) is 4.39 Å². The molecule has 0 aliphatic carbocycles. The van der Waals surface area contributed by atoms with E-state index >= 15 is 0 Å². The molecular formula is C17H24FN3. The van der Waals surface area contributed by atoms with Gasteiger partial charge in [-0.3, -0.25) is 4.68 Å². The zero-order chi connectivity index (χ0) is 15.6. The molecule has 0 fully saturated rings. The van der Waals surface area contributed by atoms with E-state index in [1.165, 1.54) is 6.07 Å². The van der Waals surface area contributed by atoms with Gasteiger partial charge in [-0.2, -0.15) is 5.10 Å². The topological polar surface area (TPSA) is 29.9 Å². The van der Waals surface area contributed by atoms with Crippen LogP contribution in [0.25, 0.3) is 11.1 Å². The Hall–Kier alpha value is -1.68. The van der Waals surface area contributed by atoms with E-state index in [2.05, 4.69) is 38.1 Å². The third-order valence-electron chi connectivity index (χ3n) is 3.73. The van der Waals surface area contributed by atoms with Crippen molar-refractivity contribution in [3.8, 4) is 11.1 Å². The maximum absolute atomic E-state index is 13.7.